The van der Waals surface area contributed by atoms with Gasteiger partial charge in [-0.1, -0.05) is 60.7 Å². The van der Waals surface area contributed by atoms with Crippen LogP contribution in [0.2, 0.25) is 0 Å². The molecule has 0 bridgehead atoms. The smallest absolute Gasteiger partial charge is 0.328 e. The first-order valence-electron chi connectivity index (χ1n) is 9.41. The number of benzene rings is 2. The summed E-state index contributed by atoms with van der Waals surface area (Å²) in [7, 11) is 1.21. The summed E-state index contributed by atoms with van der Waals surface area (Å²) < 4.78 is 10.1. The Labute approximate surface area is 171 Å². The molecule has 2 rings (SSSR count). The number of rotatable bonds is 7. The third-order valence-corrected chi connectivity index (χ3v) is 4.12. The van der Waals surface area contributed by atoms with Gasteiger partial charge in [-0.05, 0) is 31.9 Å². The fraction of sp³-hybridized carbons (Fsp3) is 0.348. The lowest BCUT2D eigenvalue weighted by molar-refractivity contribution is -0.159. The molecule has 0 unspecified atom stereocenters. The van der Waals surface area contributed by atoms with Gasteiger partial charge in [0.25, 0.3) is 0 Å². The van der Waals surface area contributed by atoms with E-state index in [1.807, 2.05) is 60.7 Å². The monoisotopic (exact) mass is 397 g/mol. The second kappa shape index (κ2) is 9.87. The van der Waals surface area contributed by atoms with Crippen LogP contribution in [0.25, 0.3) is 0 Å². The van der Waals surface area contributed by atoms with Crippen LogP contribution < -0.4 is 5.32 Å². The topological polar surface area (TPSA) is 81.7 Å². The van der Waals surface area contributed by atoms with Gasteiger partial charge in [-0.15, -0.1) is 0 Å². The Bertz CT molecular complexity index is 788. The van der Waals surface area contributed by atoms with Gasteiger partial charge < -0.3 is 14.8 Å². The van der Waals surface area contributed by atoms with Crippen LogP contribution in [0.1, 0.15) is 44.2 Å². The van der Waals surface area contributed by atoms with Crippen LogP contribution in [0.5, 0.6) is 0 Å². The lowest BCUT2D eigenvalue weighted by Crippen LogP contribution is -2.45. The van der Waals surface area contributed by atoms with E-state index >= 15 is 0 Å². The van der Waals surface area contributed by atoms with Gasteiger partial charge in [0.05, 0.1) is 19.4 Å². The van der Waals surface area contributed by atoms with Crippen molar-refractivity contribution < 1.29 is 23.9 Å². The number of amides is 1. The van der Waals surface area contributed by atoms with Crippen molar-refractivity contribution in [2.75, 3.05) is 7.11 Å². The summed E-state index contributed by atoms with van der Waals surface area (Å²) in [5.74, 6) is -2.34. The van der Waals surface area contributed by atoms with Crippen LogP contribution in [-0.2, 0) is 23.9 Å². The van der Waals surface area contributed by atoms with Gasteiger partial charge in [0.2, 0.25) is 5.91 Å². The van der Waals surface area contributed by atoms with E-state index < -0.39 is 35.4 Å². The van der Waals surface area contributed by atoms with Crippen molar-refractivity contribution in [3.63, 3.8) is 0 Å². The van der Waals surface area contributed by atoms with Crippen molar-refractivity contribution in [3.05, 3.63) is 71.8 Å². The lowest BCUT2D eigenvalue weighted by Gasteiger charge is -2.24. The molecule has 1 atom stereocenters. The van der Waals surface area contributed by atoms with Gasteiger partial charge in [-0.3, -0.25) is 9.59 Å². The molecule has 0 saturated carbocycles. The molecular formula is C23H27NO5. The summed E-state index contributed by atoms with van der Waals surface area (Å²) in [5.41, 5.74) is 0.854. The molecule has 0 aliphatic heterocycles. The highest BCUT2D eigenvalue weighted by Gasteiger charge is 2.31. The number of carbonyl (C=O) groups is 3. The van der Waals surface area contributed by atoms with Crippen molar-refractivity contribution >= 4 is 17.8 Å². The average molecular weight is 397 g/mol. The van der Waals surface area contributed by atoms with E-state index in [0.29, 0.717) is 0 Å². The number of methoxy groups -OCH3 is 1. The fourth-order valence-electron chi connectivity index (χ4n) is 2.93. The minimum absolute atomic E-state index is 0.314. The SMILES string of the molecule is COC(=O)[C@@H](CC(=O)OC(C)(C)C)NC(=O)C(c1ccccc1)c1ccccc1. The predicted molar refractivity (Wildman–Crippen MR) is 109 cm³/mol. The van der Waals surface area contributed by atoms with Gasteiger partial charge in [0.15, 0.2) is 0 Å². The highest BCUT2D eigenvalue weighted by atomic mass is 16.6. The first-order valence-corrected chi connectivity index (χ1v) is 9.41. The number of carbonyl (C=O) groups excluding carboxylic acids is 3. The second-order valence-electron chi connectivity index (χ2n) is 7.63. The van der Waals surface area contributed by atoms with Crippen LogP contribution in [-0.4, -0.2) is 36.6 Å². The van der Waals surface area contributed by atoms with Crippen molar-refractivity contribution in [2.24, 2.45) is 0 Å². The Kier molecular flexibility index (Phi) is 7.53. The van der Waals surface area contributed by atoms with Crippen molar-refractivity contribution in [2.45, 2.75) is 44.8 Å². The maximum absolute atomic E-state index is 13.2. The Morgan fingerprint density at radius 1 is 0.897 bits per heavy atom. The predicted octanol–water partition coefficient (Wildman–Crippen LogP) is 3.21. The molecule has 1 amide bonds. The number of ether oxygens (including phenoxy) is 2. The summed E-state index contributed by atoms with van der Waals surface area (Å²) in [4.78, 5) is 37.6. The zero-order chi connectivity index (χ0) is 21.4. The van der Waals surface area contributed by atoms with Gasteiger partial charge in [-0.25, -0.2) is 4.79 Å². The summed E-state index contributed by atoms with van der Waals surface area (Å²) >= 11 is 0. The second-order valence-corrected chi connectivity index (χ2v) is 7.63. The molecule has 2 aromatic rings. The standard InChI is InChI=1S/C23H27NO5/c1-23(2,3)29-19(25)15-18(22(27)28-4)24-21(26)20(16-11-7-5-8-12-16)17-13-9-6-10-14-17/h5-14,18,20H,15H2,1-4H3,(H,24,26)/t18-/m1/s1. The van der Waals surface area contributed by atoms with E-state index in [9.17, 15) is 14.4 Å². The maximum atomic E-state index is 13.2. The van der Waals surface area contributed by atoms with E-state index in [1.54, 1.807) is 20.8 Å². The molecule has 0 heterocycles. The minimum atomic E-state index is -1.14. The van der Waals surface area contributed by atoms with E-state index in [1.165, 1.54) is 7.11 Å². The molecule has 0 radical (unpaired) electrons. The number of hydrogen-bond donors (Lipinski definition) is 1. The van der Waals surface area contributed by atoms with Crippen LogP contribution >= 0.6 is 0 Å². The van der Waals surface area contributed by atoms with Crippen molar-refractivity contribution in [1.29, 1.82) is 0 Å². The van der Waals surface area contributed by atoms with Crippen molar-refractivity contribution in [1.82, 2.24) is 5.32 Å². The molecule has 0 aliphatic rings. The van der Waals surface area contributed by atoms with Gasteiger partial charge >= 0.3 is 11.9 Å². The van der Waals surface area contributed by atoms with E-state index in [-0.39, 0.29) is 6.42 Å². The van der Waals surface area contributed by atoms with Gasteiger partial charge in [-0.2, -0.15) is 0 Å². The summed E-state index contributed by atoms with van der Waals surface area (Å²) in [6.45, 7) is 5.20. The molecule has 0 aromatic heterocycles. The lowest BCUT2D eigenvalue weighted by atomic mass is 9.90. The fourth-order valence-corrected chi connectivity index (χ4v) is 2.93. The largest absolute Gasteiger partial charge is 0.467 e. The van der Waals surface area contributed by atoms with Gasteiger partial charge in [0.1, 0.15) is 11.6 Å². The van der Waals surface area contributed by atoms with Gasteiger partial charge in [0, 0.05) is 0 Å². The zero-order valence-electron chi connectivity index (χ0n) is 17.2. The van der Waals surface area contributed by atoms with Crippen LogP contribution in [0, 0.1) is 0 Å². The third-order valence-electron chi connectivity index (χ3n) is 4.12. The Hall–Kier alpha value is -3.15. The molecule has 0 spiro atoms. The zero-order valence-corrected chi connectivity index (χ0v) is 17.2. The summed E-state index contributed by atoms with van der Waals surface area (Å²) in [6.07, 6.45) is -0.314. The highest BCUT2D eigenvalue weighted by Crippen LogP contribution is 2.25. The molecule has 0 saturated heterocycles. The first-order chi connectivity index (χ1) is 13.7. The maximum Gasteiger partial charge on any atom is 0.328 e. The molecule has 0 aliphatic carbocycles. The third kappa shape index (κ3) is 6.75. The van der Waals surface area contributed by atoms with E-state index in [0.717, 1.165) is 11.1 Å². The minimum Gasteiger partial charge on any atom is -0.467 e. The van der Waals surface area contributed by atoms with Crippen LogP contribution in [0.15, 0.2) is 60.7 Å². The Morgan fingerprint density at radius 2 is 1.38 bits per heavy atom. The highest BCUT2D eigenvalue weighted by molar-refractivity contribution is 5.92. The van der Waals surface area contributed by atoms with Crippen LogP contribution in [0.3, 0.4) is 0 Å². The molecule has 154 valence electrons. The number of hydrogen-bond acceptors (Lipinski definition) is 5. The molecule has 6 nitrogen and oxygen atoms in total. The summed E-state index contributed by atoms with van der Waals surface area (Å²) in [6, 6.07) is 17.3. The molecule has 29 heavy (non-hydrogen) atoms. The summed E-state index contributed by atoms with van der Waals surface area (Å²) in [5, 5.41) is 2.67. The van der Waals surface area contributed by atoms with Crippen molar-refractivity contribution in [3.8, 4) is 0 Å². The molecular weight excluding hydrogens is 370 g/mol. The molecule has 6 heteroatoms. The number of esters is 2. The number of nitrogens with one attached hydrogen (secondary N) is 1. The molecule has 1 N–H and O–H groups in total. The first kappa shape index (κ1) is 22.1. The average Bonchev–Trinajstić information content (AvgIpc) is 2.67. The Balaban J connectivity index is 2.26. The van der Waals surface area contributed by atoms with E-state index in [2.05, 4.69) is 5.32 Å². The van der Waals surface area contributed by atoms with Crippen LogP contribution in [0.4, 0.5) is 0 Å². The normalized spacial score (nSPS) is 12.2. The quantitative estimate of drug-likeness (QED) is 0.726. The molecule has 2 aromatic carbocycles. The molecule has 0 fully saturated rings. The Morgan fingerprint density at radius 3 is 1.79 bits per heavy atom. The van der Waals surface area contributed by atoms with E-state index in [4.69, 9.17) is 9.47 Å².